The number of rotatable bonds is 3. The van der Waals surface area contributed by atoms with E-state index in [0.29, 0.717) is 6.61 Å². The SMILES string of the molecule is CCOC(=O)C1(C2c3[nH]c4ccc(Cl)cc4c3CCN2C)CCCCC1.Cl. The Hall–Kier alpha value is -1.23. The number of nitrogens with one attached hydrogen (secondary N) is 1. The summed E-state index contributed by atoms with van der Waals surface area (Å²) in [6, 6.07) is 6.06. The van der Waals surface area contributed by atoms with E-state index in [-0.39, 0.29) is 24.4 Å². The number of carbonyl (C=O) groups excluding carboxylic acids is 1. The largest absolute Gasteiger partial charge is 0.466 e. The van der Waals surface area contributed by atoms with Crippen molar-refractivity contribution in [2.45, 2.75) is 51.5 Å². The molecule has 4 nitrogen and oxygen atoms in total. The van der Waals surface area contributed by atoms with Crippen LogP contribution in [0.4, 0.5) is 0 Å². The first-order chi connectivity index (χ1) is 12.6. The highest BCUT2D eigenvalue weighted by atomic mass is 35.5. The minimum Gasteiger partial charge on any atom is -0.466 e. The molecule has 148 valence electrons. The molecule has 2 aromatic rings. The maximum Gasteiger partial charge on any atom is 0.314 e. The van der Waals surface area contributed by atoms with Gasteiger partial charge >= 0.3 is 5.97 Å². The van der Waals surface area contributed by atoms with E-state index in [1.807, 2.05) is 25.1 Å². The van der Waals surface area contributed by atoms with Crippen molar-refractivity contribution in [2.24, 2.45) is 5.41 Å². The molecule has 1 aromatic heterocycles. The number of halogens is 2. The molecule has 1 N–H and O–H groups in total. The third-order valence-electron chi connectivity index (χ3n) is 6.28. The summed E-state index contributed by atoms with van der Waals surface area (Å²) < 4.78 is 5.59. The number of H-pyrrole nitrogens is 1. The average Bonchev–Trinajstić information content (AvgIpc) is 3.00. The Kier molecular flexibility index (Phi) is 6.09. The molecule has 1 atom stereocenters. The zero-order valence-corrected chi connectivity index (χ0v) is 17.6. The molecule has 27 heavy (non-hydrogen) atoms. The van der Waals surface area contributed by atoms with Crippen molar-refractivity contribution in [1.82, 2.24) is 9.88 Å². The monoisotopic (exact) mass is 410 g/mol. The summed E-state index contributed by atoms with van der Waals surface area (Å²) in [6.45, 7) is 3.28. The van der Waals surface area contributed by atoms with E-state index in [2.05, 4.69) is 16.9 Å². The van der Waals surface area contributed by atoms with Crippen LogP contribution in [-0.4, -0.2) is 36.1 Å². The van der Waals surface area contributed by atoms with Crippen LogP contribution in [0.3, 0.4) is 0 Å². The van der Waals surface area contributed by atoms with Crippen molar-refractivity contribution >= 4 is 40.9 Å². The number of fused-ring (bicyclic) bond motifs is 3. The Morgan fingerprint density at radius 2 is 2.07 bits per heavy atom. The fraction of sp³-hybridized carbons (Fsp3) is 0.571. The summed E-state index contributed by atoms with van der Waals surface area (Å²) in [6.07, 6.45) is 6.15. The Morgan fingerprint density at radius 3 is 2.78 bits per heavy atom. The predicted molar refractivity (Wildman–Crippen MR) is 112 cm³/mol. The molecule has 2 heterocycles. The number of benzene rings is 1. The van der Waals surface area contributed by atoms with Gasteiger partial charge in [-0.2, -0.15) is 0 Å². The van der Waals surface area contributed by atoms with Crippen LogP contribution in [0.5, 0.6) is 0 Å². The van der Waals surface area contributed by atoms with E-state index in [4.69, 9.17) is 16.3 Å². The number of aromatic nitrogens is 1. The molecule has 0 spiro atoms. The van der Waals surface area contributed by atoms with Gasteiger partial charge in [0.05, 0.1) is 18.1 Å². The molecule has 1 unspecified atom stereocenters. The van der Waals surface area contributed by atoms with Crippen molar-refractivity contribution in [3.63, 3.8) is 0 Å². The fourth-order valence-electron chi connectivity index (χ4n) is 5.13. The standard InChI is InChI=1S/C21H27ClN2O2.ClH/c1-3-26-20(25)21(10-5-4-6-11-21)19-18-15(9-12-24(19)2)16-13-14(22)7-8-17(16)23-18;/h7-8,13,19,23H,3-6,9-12H2,1-2H3;1H. The highest BCUT2D eigenvalue weighted by molar-refractivity contribution is 6.31. The first kappa shape index (κ1) is 20.5. The number of hydrogen-bond acceptors (Lipinski definition) is 3. The van der Waals surface area contributed by atoms with Gasteiger partial charge in [0.1, 0.15) is 0 Å². The molecular formula is C21H28Cl2N2O2. The van der Waals surface area contributed by atoms with Crippen molar-refractivity contribution in [3.8, 4) is 0 Å². The first-order valence-electron chi connectivity index (χ1n) is 9.74. The third-order valence-corrected chi connectivity index (χ3v) is 6.52. The van der Waals surface area contributed by atoms with Crippen molar-refractivity contribution in [3.05, 3.63) is 34.5 Å². The van der Waals surface area contributed by atoms with Crippen LogP contribution in [0.15, 0.2) is 18.2 Å². The zero-order valence-electron chi connectivity index (χ0n) is 16.0. The maximum absolute atomic E-state index is 13.2. The van der Waals surface area contributed by atoms with Crippen LogP contribution < -0.4 is 0 Å². The second-order valence-electron chi connectivity index (χ2n) is 7.78. The van der Waals surface area contributed by atoms with Crippen LogP contribution >= 0.6 is 24.0 Å². The van der Waals surface area contributed by atoms with Gasteiger partial charge in [-0.05, 0) is 57.0 Å². The molecule has 1 aliphatic heterocycles. The molecule has 1 aromatic carbocycles. The van der Waals surface area contributed by atoms with Gasteiger partial charge in [-0.15, -0.1) is 12.4 Å². The number of esters is 1. The van der Waals surface area contributed by atoms with Gasteiger partial charge in [-0.25, -0.2) is 0 Å². The van der Waals surface area contributed by atoms with Crippen LogP contribution in [-0.2, 0) is 16.0 Å². The van der Waals surface area contributed by atoms with Gasteiger partial charge in [0.2, 0.25) is 0 Å². The minimum atomic E-state index is -0.456. The maximum atomic E-state index is 13.2. The molecule has 1 fully saturated rings. The quantitative estimate of drug-likeness (QED) is 0.699. The van der Waals surface area contributed by atoms with E-state index >= 15 is 0 Å². The van der Waals surface area contributed by atoms with E-state index in [9.17, 15) is 4.79 Å². The predicted octanol–water partition coefficient (Wildman–Crippen LogP) is 5.29. The van der Waals surface area contributed by atoms with Gasteiger partial charge in [-0.1, -0.05) is 30.9 Å². The van der Waals surface area contributed by atoms with Crippen molar-refractivity contribution in [2.75, 3.05) is 20.2 Å². The van der Waals surface area contributed by atoms with Crippen molar-refractivity contribution in [1.29, 1.82) is 0 Å². The lowest BCUT2D eigenvalue weighted by atomic mass is 9.66. The minimum absolute atomic E-state index is 0. The molecule has 1 saturated carbocycles. The summed E-state index contributed by atoms with van der Waals surface area (Å²) in [4.78, 5) is 19.1. The second kappa shape index (κ2) is 8.02. The highest BCUT2D eigenvalue weighted by Gasteiger charge is 2.52. The number of aromatic amines is 1. The summed E-state index contributed by atoms with van der Waals surface area (Å²) in [5.41, 5.74) is 3.16. The van der Waals surface area contributed by atoms with Gasteiger partial charge in [0.25, 0.3) is 0 Å². The third kappa shape index (κ3) is 3.37. The molecule has 0 bridgehead atoms. The zero-order chi connectivity index (χ0) is 18.3. The number of ether oxygens (including phenoxy) is 1. The van der Waals surface area contributed by atoms with Gasteiger partial charge < -0.3 is 9.72 Å². The van der Waals surface area contributed by atoms with Crippen molar-refractivity contribution < 1.29 is 9.53 Å². The number of carbonyl (C=O) groups is 1. The number of hydrogen-bond donors (Lipinski definition) is 1. The Bertz CT molecular complexity index is 827. The molecule has 1 aliphatic carbocycles. The second-order valence-corrected chi connectivity index (χ2v) is 8.21. The van der Waals surface area contributed by atoms with E-state index in [1.165, 1.54) is 23.1 Å². The smallest absolute Gasteiger partial charge is 0.314 e. The molecule has 4 rings (SSSR count). The average molecular weight is 411 g/mol. The fourth-order valence-corrected chi connectivity index (χ4v) is 5.30. The van der Waals surface area contributed by atoms with Crippen LogP contribution in [0.25, 0.3) is 10.9 Å². The highest BCUT2D eigenvalue weighted by Crippen LogP contribution is 2.52. The lowest BCUT2D eigenvalue weighted by Gasteiger charge is -2.47. The lowest BCUT2D eigenvalue weighted by molar-refractivity contribution is -0.164. The summed E-state index contributed by atoms with van der Waals surface area (Å²) in [7, 11) is 2.14. The molecule has 2 aliphatic rings. The number of nitrogens with zero attached hydrogens (tertiary/aromatic N) is 1. The lowest BCUT2D eigenvalue weighted by Crippen LogP contribution is -2.49. The van der Waals surface area contributed by atoms with Crippen LogP contribution in [0, 0.1) is 5.41 Å². The molecule has 0 amide bonds. The van der Waals surface area contributed by atoms with E-state index in [0.717, 1.165) is 49.2 Å². The number of likely N-dealkylation sites (N-methyl/N-ethyl adjacent to an activating group) is 1. The molecule has 0 radical (unpaired) electrons. The summed E-state index contributed by atoms with van der Waals surface area (Å²) in [5, 5.41) is 1.95. The molecule has 0 saturated heterocycles. The normalized spacial score (nSPS) is 22.1. The Morgan fingerprint density at radius 1 is 1.33 bits per heavy atom. The summed E-state index contributed by atoms with van der Waals surface area (Å²) >= 11 is 6.25. The van der Waals surface area contributed by atoms with Crippen LogP contribution in [0.1, 0.15) is 56.3 Å². The first-order valence-corrected chi connectivity index (χ1v) is 10.1. The topological polar surface area (TPSA) is 45.3 Å². The van der Waals surface area contributed by atoms with Gasteiger partial charge in [0.15, 0.2) is 0 Å². The van der Waals surface area contributed by atoms with E-state index in [1.54, 1.807) is 0 Å². The van der Waals surface area contributed by atoms with E-state index < -0.39 is 5.41 Å². The van der Waals surface area contributed by atoms with Crippen LogP contribution in [0.2, 0.25) is 5.02 Å². The molecular weight excluding hydrogens is 383 g/mol. The molecule has 6 heteroatoms. The Labute approximate surface area is 172 Å². The Balaban J connectivity index is 0.00000210. The van der Waals surface area contributed by atoms with Gasteiger partial charge in [0, 0.05) is 28.2 Å². The van der Waals surface area contributed by atoms with Gasteiger partial charge in [-0.3, -0.25) is 9.69 Å². The summed E-state index contributed by atoms with van der Waals surface area (Å²) in [5.74, 6) is -0.0268.